The molecule has 0 N–H and O–H groups in total. The Bertz CT molecular complexity index is 399. The lowest BCUT2D eigenvalue weighted by Crippen LogP contribution is -2.36. The largest absolute Gasteiger partial charge is 0.423 e. The first-order valence-electron chi connectivity index (χ1n) is 4.93. The van der Waals surface area contributed by atoms with E-state index in [9.17, 15) is 9.59 Å². The fourth-order valence-electron chi connectivity index (χ4n) is 1.21. The number of ether oxygens (including phenoxy) is 1. The van der Waals surface area contributed by atoms with Crippen LogP contribution in [-0.4, -0.2) is 47.5 Å². The lowest BCUT2D eigenvalue weighted by Gasteiger charge is -2.20. The number of amides is 2. The molecule has 0 fully saturated rings. The maximum absolute atomic E-state index is 11.5. The highest BCUT2D eigenvalue weighted by atomic mass is 16.6. The van der Waals surface area contributed by atoms with Gasteiger partial charge in [0.15, 0.2) is 0 Å². The molecule has 0 aromatic heterocycles. The molecule has 0 saturated carbocycles. The van der Waals surface area contributed by atoms with Crippen LogP contribution in [0.15, 0.2) is 34.8 Å². The third-order valence-corrected chi connectivity index (χ3v) is 2.08. The maximum atomic E-state index is 11.5. The van der Waals surface area contributed by atoms with Gasteiger partial charge in [-0.15, -0.1) is 0 Å². The molecule has 0 aromatic rings. The van der Waals surface area contributed by atoms with Crippen molar-refractivity contribution < 1.29 is 14.3 Å². The number of aliphatic imine (C=N–C) groups is 2. The van der Waals surface area contributed by atoms with E-state index < -0.39 is 12.2 Å². The van der Waals surface area contributed by atoms with Crippen LogP contribution in [0.4, 0.5) is 9.59 Å². The number of hydrogen-bond donors (Lipinski definition) is 0. The van der Waals surface area contributed by atoms with Gasteiger partial charge in [0.2, 0.25) is 0 Å². The minimum absolute atomic E-state index is 0.292. The summed E-state index contributed by atoms with van der Waals surface area (Å²) in [7, 11) is 0. The minimum Gasteiger partial charge on any atom is -0.359 e. The summed E-state index contributed by atoms with van der Waals surface area (Å²) in [4.78, 5) is 33.2. The molecule has 0 radical (unpaired) electrons. The molecular formula is C10H10N4O3. The van der Waals surface area contributed by atoms with Crippen LogP contribution in [0, 0.1) is 0 Å². The van der Waals surface area contributed by atoms with E-state index in [1.165, 1.54) is 34.6 Å². The monoisotopic (exact) mass is 234 g/mol. The highest BCUT2D eigenvalue weighted by Gasteiger charge is 2.21. The fraction of sp³-hybridized carbons (Fsp3) is 0.200. The molecule has 88 valence electrons. The second-order valence-electron chi connectivity index (χ2n) is 3.20. The van der Waals surface area contributed by atoms with Gasteiger partial charge in [-0.2, -0.15) is 0 Å². The van der Waals surface area contributed by atoms with E-state index >= 15 is 0 Å². The molecule has 2 rings (SSSR count). The van der Waals surface area contributed by atoms with E-state index in [0.29, 0.717) is 13.1 Å². The number of rotatable bonds is 0. The molecule has 0 aromatic carbocycles. The molecule has 0 atom stereocenters. The quantitative estimate of drug-likeness (QED) is 0.586. The van der Waals surface area contributed by atoms with Crippen molar-refractivity contribution in [3.8, 4) is 0 Å². The van der Waals surface area contributed by atoms with Gasteiger partial charge >= 0.3 is 12.2 Å². The Balaban J connectivity index is 1.88. The number of carbonyl (C=O) groups is 2. The lowest BCUT2D eigenvalue weighted by molar-refractivity contribution is 0.117. The first-order valence-corrected chi connectivity index (χ1v) is 4.93. The second-order valence-corrected chi connectivity index (χ2v) is 3.20. The Labute approximate surface area is 97.4 Å². The molecule has 0 aliphatic carbocycles. The molecule has 2 aliphatic heterocycles. The zero-order chi connectivity index (χ0) is 12.1. The van der Waals surface area contributed by atoms with Gasteiger partial charge < -0.3 is 4.74 Å². The summed E-state index contributed by atoms with van der Waals surface area (Å²) >= 11 is 0. The van der Waals surface area contributed by atoms with Crippen LogP contribution in [0.2, 0.25) is 0 Å². The number of nitrogens with zero attached hydrogens (tertiary/aromatic N) is 4. The van der Waals surface area contributed by atoms with Gasteiger partial charge in [-0.25, -0.2) is 9.59 Å². The maximum Gasteiger partial charge on any atom is 0.423 e. The molecule has 0 bridgehead atoms. The van der Waals surface area contributed by atoms with E-state index in [0.717, 1.165) is 0 Å². The average Bonchev–Trinajstić information content (AvgIpc) is 2.40. The predicted octanol–water partition coefficient (Wildman–Crippen LogP) is 0.958. The number of hydrogen-bond acceptors (Lipinski definition) is 5. The first-order chi connectivity index (χ1) is 8.27. The fourth-order valence-corrected chi connectivity index (χ4v) is 1.21. The topological polar surface area (TPSA) is 74.6 Å². The van der Waals surface area contributed by atoms with Gasteiger partial charge in [-0.1, -0.05) is 0 Å². The normalized spacial score (nSPS) is 17.4. The summed E-state index contributed by atoms with van der Waals surface area (Å²) < 4.78 is 4.68. The first kappa shape index (κ1) is 11.1. The molecule has 2 amide bonds. The summed E-state index contributed by atoms with van der Waals surface area (Å²) in [6, 6.07) is 0. The SMILES string of the molecule is O=C(OC(=O)N1C=CN=CC1)N1C=CN=CC1. The molecule has 17 heavy (non-hydrogen) atoms. The summed E-state index contributed by atoms with van der Waals surface area (Å²) in [6.45, 7) is 0.583. The predicted molar refractivity (Wildman–Crippen MR) is 60.6 cm³/mol. The summed E-state index contributed by atoms with van der Waals surface area (Å²) in [5, 5.41) is 0. The van der Waals surface area contributed by atoms with E-state index in [-0.39, 0.29) is 0 Å². The van der Waals surface area contributed by atoms with Crippen molar-refractivity contribution in [1.82, 2.24) is 9.80 Å². The van der Waals surface area contributed by atoms with Crippen molar-refractivity contribution in [2.24, 2.45) is 9.98 Å². The van der Waals surface area contributed by atoms with E-state index in [1.54, 1.807) is 12.4 Å². The second kappa shape index (κ2) is 5.06. The van der Waals surface area contributed by atoms with Gasteiger partial charge in [0.25, 0.3) is 0 Å². The zero-order valence-electron chi connectivity index (χ0n) is 8.89. The van der Waals surface area contributed by atoms with Crippen molar-refractivity contribution >= 4 is 24.6 Å². The van der Waals surface area contributed by atoms with Crippen LogP contribution in [0.25, 0.3) is 0 Å². The number of carbonyl (C=O) groups excluding carboxylic acids is 2. The Morgan fingerprint density at radius 3 is 1.76 bits per heavy atom. The van der Waals surface area contributed by atoms with Crippen molar-refractivity contribution in [1.29, 1.82) is 0 Å². The minimum atomic E-state index is -0.728. The van der Waals surface area contributed by atoms with E-state index in [4.69, 9.17) is 0 Å². The summed E-state index contributed by atoms with van der Waals surface area (Å²) in [6.07, 6.45) is 7.41. The third kappa shape index (κ3) is 2.77. The molecular weight excluding hydrogens is 224 g/mol. The molecule has 2 heterocycles. The highest BCUT2D eigenvalue weighted by molar-refractivity contribution is 5.87. The zero-order valence-corrected chi connectivity index (χ0v) is 8.89. The molecule has 7 heteroatoms. The van der Waals surface area contributed by atoms with Crippen LogP contribution in [-0.2, 0) is 4.74 Å². The van der Waals surface area contributed by atoms with Crippen LogP contribution >= 0.6 is 0 Å². The molecule has 0 spiro atoms. The van der Waals surface area contributed by atoms with Crippen molar-refractivity contribution in [3.05, 3.63) is 24.8 Å². The van der Waals surface area contributed by atoms with Gasteiger partial charge in [0.05, 0.1) is 13.1 Å². The Morgan fingerprint density at radius 1 is 0.941 bits per heavy atom. The van der Waals surface area contributed by atoms with Crippen LogP contribution in [0.1, 0.15) is 0 Å². The van der Waals surface area contributed by atoms with Gasteiger partial charge in [0, 0.05) is 37.2 Å². The summed E-state index contributed by atoms with van der Waals surface area (Å²) in [5.41, 5.74) is 0. The van der Waals surface area contributed by atoms with Gasteiger partial charge in [0.1, 0.15) is 0 Å². The van der Waals surface area contributed by atoms with Crippen molar-refractivity contribution in [3.63, 3.8) is 0 Å². The van der Waals surface area contributed by atoms with Gasteiger partial charge in [-0.3, -0.25) is 19.8 Å². The standard InChI is InChI=1S/C10H10N4O3/c15-9(13-5-1-11-2-6-13)17-10(16)14-7-3-12-4-8-14/h1-5,7H,6,8H2. The van der Waals surface area contributed by atoms with Crippen molar-refractivity contribution in [2.75, 3.05) is 13.1 Å². The van der Waals surface area contributed by atoms with Crippen LogP contribution in [0.5, 0.6) is 0 Å². The molecule has 2 aliphatic rings. The highest BCUT2D eigenvalue weighted by Crippen LogP contribution is 2.03. The van der Waals surface area contributed by atoms with Crippen molar-refractivity contribution in [2.45, 2.75) is 0 Å². The smallest absolute Gasteiger partial charge is 0.359 e. The summed E-state index contributed by atoms with van der Waals surface area (Å²) in [5.74, 6) is 0. The lowest BCUT2D eigenvalue weighted by atomic mass is 10.5. The Kier molecular flexibility index (Phi) is 3.29. The molecule has 7 nitrogen and oxygen atoms in total. The van der Waals surface area contributed by atoms with E-state index in [2.05, 4.69) is 14.7 Å². The Morgan fingerprint density at radius 2 is 1.41 bits per heavy atom. The van der Waals surface area contributed by atoms with Crippen LogP contribution in [0.3, 0.4) is 0 Å². The molecule has 0 unspecified atom stereocenters. The van der Waals surface area contributed by atoms with Gasteiger partial charge in [-0.05, 0) is 0 Å². The average molecular weight is 234 g/mol. The van der Waals surface area contributed by atoms with Crippen LogP contribution < -0.4 is 0 Å². The molecule has 0 saturated heterocycles. The third-order valence-electron chi connectivity index (χ3n) is 2.08. The van der Waals surface area contributed by atoms with E-state index in [1.807, 2.05) is 0 Å². The Hall–Kier alpha value is -2.44.